The number of aromatic nitrogens is 1. The first-order chi connectivity index (χ1) is 11.5. The molecule has 1 nitrogen and oxygen atoms in total. The SMILES string of the molecule is CCCCC(C)(CCC)c1ccc(C(C)(CCC)CCCC)nc1. The molecule has 0 aromatic carbocycles. The van der Waals surface area contributed by atoms with E-state index in [9.17, 15) is 0 Å². The molecule has 0 aliphatic rings. The molecule has 1 aromatic heterocycles. The van der Waals surface area contributed by atoms with E-state index in [4.69, 9.17) is 4.98 Å². The van der Waals surface area contributed by atoms with Crippen molar-refractivity contribution in [3.63, 3.8) is 0 Å². The summed E-state index contributed by atoms with van der Waals surface area (Å²) >= 11 is 0. The summed E-state index contributed by atoms with van der Waals surface area (Å²) in [5.74, 6) is 0. The van der Waals surface area contributed by atoms with Crippen LogP contribution in [0.4, 0.5) is 0 Å². The van der Waals surface area contributed by atoms with Crippen molar-refractivity contribution in [3.05, 3.63) is 29.6 Å². The summed E-state index contributed by atoms with van der Waals surface area (Å²) in [7, 11) is 0. The Labute approximate surface area is 151 Å². The normalized spacial score (nSPS) is 16.6. The first-order valence-corrected chi connectivity index (χ1v) is 10.4. The minimum atomic E-state index is 0.244. The highest BCUT2D eigenvalue weighted by Crippen LogP contribution is 2.37. The van der Waals surface area contributed by atoms with Gasteiger partial charge in [-0.25, -0.2) is 0 Å². The van der Waals surface area contributed by atoms with Gasteiger partial charge in [-0.05, 0) is 42.7 Å². The summed E-state index contributed by atoms with van der Waals surface area (Å²) in [6, 6.07) is 4.72. The summed E-state index contributed by atoms with van der Waals surface area (Å²) in [5, 5.41) is 0. The van der Waals surface area contributed by atoms with E-state index in [-0.39, 0.29) is 5.41 Å². The Morgan fingerprint density at radius 2 is 1.25 bits per heavy atom. The van der Waals surface area contributed by atoms with Crippen molar-refractivity contribution in [2.45, 2.75) is 117 Å². The Morgan fingerprint density at radius 3 is 1.71 bits per heavy atom. The predicted molar refractivity (Wildman–Crippen MR) is 108 cm³/mol. The van der Waals surface area contributed by atoms with E-state index in [0.717, 1.165) is 0 Å². The summed E-state index contributed by atoms with van der Waals surface area (Å²) in [4.78, 5) is 4.98. The molecule has 0 radical (unpaired) electrons. The summed E-state index contributed by atoms with van der Waals surface area (Å²) in [6.45, 7) is 14.0. The predicted octanol–water partition coefficient (Wildman–Crippen LogP) is 7.58. The van der Waals surface area contributed by atoms with Crippen LogP contribution < -0.4 is 0 Å². The van der Waals surface area contributed by atoms with Crippen LogP contribution in [0, 0.1) is 0 Å². The van der Waals surface area contributed by atoms with Crippen LogP contribution in [0.2, 0.25) is 0 Å². The van der Waals surface area contributed by atoms with Gasteiger partial charge in [0.1, 0.15) is 0 Å². The molecule has 1 rings (SSSR count). The van der Waals surface area contributed by atoms with E-state index in [0.29, 0.717) is 5.41 Å². The molecule has 24 heavy (non-hydrogen) atoms. The van der Waals surface area contributed by atoms with Crippen LogP contribution in [0.15, 0.2) is 18.3 Å². The second kappa shape index (κ2) is 10.2. The number of hydrogen-bond donors (Lipinski definition) is 0. The number of nitrogens with zero attached hydrogens (tertiary/aromatic N) is 1. The quantitative estimate of drug-likeness (QED) is 0.384. The fourth-order valence-corrected chi connectivity index (χ4v) is 4.14. The topological polar surface area (TPSA) is 12.9 Å². The monoisotopic (exact) mass is 331 g/mol. The second-order valence-electron chi connectivity index (χ2n) is 8.26. The molecule has 0 saturated heterocycles. The maximum absolute atomic E-state index is 4.98. The summed E-state index contributed by atoms with van der Waals surface area (Å²) in [6.07, 6.45) is 14.8. The van der Waals surface area contributed by atoms with E-state index in [2.05, 4.69) is 59.9 Å². The van der Waals surface area contributed by atoms with E-state index in [1.165, 1.54) is 75.5 Å². The van der Waals surface area contributed by atoms with Crippen molar-refractivity contribution in [3.8, 4) is 0 Å². The molecule has 0 saturated carbocycles. The summed E-state index contributed by atoms with van der Waals surface area (Å²) in [5.41, 5.74) is 3.28. The Bertz CT molecular complexity index is 407. The molecule has 2 unspecified atom stereocenters. The van der Waals surface area contributed by atoms with Gasteiger partial charge in [0.2, 0.25) is 0 Å². The maximum atomic E-state index is 4.98. The number of pyridine rings is 1. The highest BCUT2D eigenvalue weighted by atomic mass is 14.7. The van der Waals surface area contributed by atoms with Gasteiger partial charge in [0.05, 0.1) is 0 Å². The largest absolute Gasteiger partial charge is 0.260 e. The van der Waals surface area contributed by atoms with Crippen molar-refractivity contribution >= 4 is 0 Å². The fraction of sp³-hybridized carbons (Fsp3) is 0.783. The molecule has 0 bridgehead atoms. The first kappa shape index (κ1) is 21.2. The van der Waals surface area contributed by atoms with Crippen LogP contribution in [0.1, 0.15) is 117 Å². The van der Waals surface area contributed by atoms with Gasteiger partial charge in [-0.2, -0.15) is 0 Å². The average molecular weight is 332 g/mol. The van der Waals surface area contributed by atoms with Gasteiger partial charge in [0.15, 0.2) is 0 Å². The van der Waals surface area contributed by atoms with Crippen LogP contribution >= 0.6 is 0 Å². The van der Waals surface area contributed by atoms with E-state index >= 15 is 0 Å². The zero-order valence-electron chi connectivity index (χ0n) is 17.3. The highest BCUT2D eigenvalue weighted by Gasteiger charge is 2.29. The third-order valence-electron chi connectivity index (χ3n) is 5.85. The van der Waals surface area contributed by atoms with E-state index in [1.807, 2.05) is 0 Å². The highest BCUT2D eigenvalue weighted by molar-refractivity contribution is 5.26. The van der Waals surface area contributed by atoms with Gasteiger partial charge in [0, 0.05) is 17.3 Å². The van der Waals surface area contributed by atoms with Crippen molar-refractivity contribution in [1.82, 2.24) is 4.98 Å². The lowest BCUT2D eigenvalue weighted by Crippen LogP contribution is -2.25. The van der Waals surface area contributed by atoms with Gasteiger partial charge in [0.25, 0.3) is 0 Å². The number of unbranched alkanes of at least 4 members (excludes halogenated alkanes) is 2. The van der Waals surface area contributed by atoms with Crippen LogP contribution in [0.3, 0.4) is 0 Å². The van der Waals surface area contributed by atoms with Crippen LogP contribution in [-0.4, -0.2) is 4.98 Å². The van der Waals surface area contributed by atoms with Crippen molar-refractivity contribution < 1.29 is 0 Å². The van der Waals surface area contributed by atoms with E-state index in [1.54, 1.807) is 0 Å². The lowest BCUT2D eigenvalue weighted by atomic mass is 9.74. The molecule has 0 N–H and O–H groups in total. The minimum absolute atomic E-state index is 0.244. The van der Waals surface area contributed by atoms with Gasteiger partial charge < -0.3 is 0 Å². The molecule has 1 aromatic rings. The number of hydrogen-bond acceptors (Lipinski definition) is 1. The first-order valence-electron chi connectivity index (χ1n) is 10.4. The molecular weight excluding hydrogens is 290 g/mol. The Kier molecular flexibility index (Phi) is 9.02. The molecule has 1 heterocycles. The average Bonchev–Trinajstić information content (AvgIpc) is 2.59. The maximum Gasteiger partial charge on any atom is 0.0462 e. The van der Waals surface area contributed by atoms with Crippen molar-refractivity contribution in [2.24, 2.45) is 0 Å². The van der Waals surface area contributed by atoms with E-state index < -0.39 is 0 Å². The molecule has 1 heteroatoms. The molecule has 138 valence electrons. The van der Waals surface area contributed by atoms with Crippen LogP contribution in [0.5, 0.6) is 0 Å². The second-order valence-corrected chi connectivity index (χ2v) is 8.26. The lowest BCUT2D eigenvalue weighted by molar-refractivity contribution is 0.366. The van der Waals surface area contributed by atoms with Gasteiger partial charge >= 0.3 is 0 Å². The van der Waals surface area contributed by atoms with Crippen molar-refractivity contribution in [2.75, 3.05) is 0 Å². The Balaban J connectivity index is 3.03. The Morgan fingerprint density at radius 1 is 0.708 bits per heavy atom. The number of rotatable bonds is 12. The molecule has 0 aliphatic carbocycles. The van der Waals surface area contributed by atoms with Crippen LogP contribution in [-0.2, 0) is 10.8 Å². The smallest absolute Gasteiger partial charge is 0.0462 e. The molecule has 2 atom stereocenters. The molecule has 0 amide bonds. The Hall–Kier alpha value is -0.850. The summed E-state index contributed by atoms with van der Waals surface area (Å²) < 4.78 is 0. The van der Waals surface area contributed by atoms with Gasteiger partial charge in [-0.15, -0.1) is 0 Å². The minimum Gasteiger partial charge on any atom is -0.260 e. The third kappa shape index (κ3) is 5.60. The standard InChI is InChI=1S/C23H41N/c1-7-11-17-22(5,15-9-3)20-13-14-21(24-19-20)23(6,16-10-4)18-12-8-2/h13-14,19H,7-12,15-18H2,1-6H3. The van der Waals surface area contributed by atoms with Crippen LogP contribution in [0.25, 0.3) is 0 Å². The molecule has 0 spiro atoms. The van der Waals surface area contributed by atoms with Crippen molar-refractivity contribution in [1.29, 1.82) is 0 Å². The molecule has 0 aliphatic heterocycles. The fourth-order valence-electron chi connectivity index (χ4n) is 4.14. The lowest BCUT2D eigenvalue weighted by Gasteiger charge is -2.32. The zero-order chi connectivity index (χ0) is 18.1. The zero-order valence-corrected chi connectivity index (χ0v) is 17.3. The van der Waals surface area contributed by atoms with Gasteiger partial charge in [-0.1, -0.05) is 86.1 Å². The molecular formula is C23H41N. The third-order valence-corrected chi connectivity index (χ3v) is 5.85. The molecule has 0 fully saturated rings. The van der Waals surface area contributed by atoms with Gasteiger partial charge in [-0.3, -0.25) is 4.98 Å².